The van der Waals surface area contributed by atoms with Gasteiger partial charge in [-0.3, -0.25) is 9.10 Å². The second kappa shape index (κ2) is 11.7. The van der Waals surface area contributed by atoms with Gasteiger partial charge in [0.2, 0.25) is 15.9 Å². The number of benzene rings is 2. The van der Waals surface area contributed by atoms with Crippen molar-refractivity contribution in [3.63, 3.8) is 0 Å². The van der Waals surface area contributed by atoms with Gasteiger partial charge in [0.25, 0.3) is 0 Å². The zero-order valence-corrected chi connectivity index (χ0v) is 20.5. The minimum absolute atomic E-state index is 0.228. The molecule has 0 aliphatic heterocycles. The number of carbonyl (C=O) groups excluding carboxylic acids is 1. The molecule has 0 spiro atoms. The third-order valence-corrected chi connectivity index (χ3v) is 6.90. The predicted octanol–water partition coefficient (Wildman–Crippen LogP) is 3.83. The summed E-state index contributed by atoms with van der Waals surface area (Å²) >= 11 is 13.6. The first-order chi connectivity index (χ1) is 14.7. The fourth-order valence-electron chi connectivity index (χ4n) is 2.64. The molecular weight excluding hydrogens is 483 g/mol. The van der Waals surface area contributed by atoms with E-state index in [1.807, 2.05) is 6.07 Å². The first kappa shape index (κ1) is 25.5. The van der Waals surface area contributed by atoms with Crippen molar-refractivity contribution in [2.45, 2.75) is 5.75 Å². The quantitative estimate of drug-likeness (QED) is 0.466. The van der Waals surface area contributed by atoms with Crippen LogP contribution in [0.2, 0.25) is 10.0 Å². The summed E-state index contributed by atoms with van der Waals surface area (Å²) in [5, 5.41) is 3.91. The smallest absolute Gasteiger partial charge is 0.240 e. The molecule has 11 heteroatoms. The van der Waals surface area contributed by atoms with Crippen molar-refractivity contribution < 1.29 is 22.7 Å². The third kappa shape index (κ3) is 7.68. The molecular formula is C20H24Cl2N2O5S2. The van der Waals surface area contributed by atoms with Crippen LogP contribution >= 0.6 is 35.0 Å². The van der Waals surface area contributed by atoms with E-state index in [1.165, 1.54) is 20.3 Å². The lowest BCUT2D eigenvalue weighted by atomic mass is 10.2. The third-order valence-electron chi connectivity index (χ3n) is 4.18. The van der Waals surface area contributed by atoms with Crippen LogP contribution in [0.3, 0.4) is 0 Å². The van der Waals surface area contributed by atoms with Gasteiger partial charge in [0.05, 0.1) is 26.2 Å². The Labute approximate surface area is 197 Å². The molecule has 0 fully saturated rings. The van der Waals surface area contributed by atoms with E-state index in [2.05, 4.69) is 5.32 Å². The number of nitrogens with one attached hydrogen (secondary N) is 1. The van der Waals surface area contributed by atoms with Gasteiger partial charge in [-0.05, 0) is 29.8 Å². The molecule has 0 heterocycles. The maximum Gasteiger partial charge on any atom is 0.240 e. The second-order valence-corrected chi connectivity index (χ2v) is 10.3. The maximum atomic E-state index is 12.4. The Kier molecular flexibility index (Phi) is 9.61. The Hall–Kier alpha value is -1.81. The molecule has 7 nitrogen and oxygen atoms in total. The number of halogens is 2. The lowest BCUT2D eigenvalue weighted by molar-refractivity contribution is -0.119. The minimum atomic E-state index is -3.74. The number of methoxy groups -OCH3 is 2. The zero-order valence-electron chi connectivity index (χ0n) is 17.4. The van der Waals surface area contributed by atoms with Gasteiger partial charge < -0.3 is 14.8 Å². The summed E-state index contributed by atoms with van der Waals surface area (Å²) in [6.45, 7) is -0.00238. The molecule has 170 valence electrons. The first-order valence-corrected chi connectivity index (χ1v) is 12.9. The average Bonchev–Trinajstić information content (AvgIpc) is 2.71. The molecule has 0 unspecified atom stereocenters. The number of hydrogen-bond donors (Lipinski definition) is 1. The predicted molar refractivity (Wildman–Crippen MR) is 127 cm³/mol. The molecule has 2 rings (SSSR count). The Bertz CT molecular complexity index is 1020. The van der Waals surface area contributed by atoms with E-state index < -0.39 is 15.9 Å². The van der Waals surface area contributed by atoms with E-state index in [9.17, 15) is 13.2 Å². The highest BCUT2D eigenvalue weighted by Gasteiger charge is 2.24. The van der Waals surface area contributed by atoms with E-state index in [0.717, 1.165) is 16.1 Å². The highest BCUT2D eigenvalue weighted by Crippen LogP contribution is 2.33. The van der Waals surface area contributed by atoms with Crippen LogP contribution in [0.4, 0.5) is 5.69 Å². The van der Waals surface area contributed by atoms with Gasteiger partial charge in [0, 0.05) is 34.2 Å². The number of rotatable bonds is 11. The molecule has 0 atom stereocenters. The van der Waals surface area contributed by atoms with Gasteiger partial charge in [-0.1, -0.05) is 29.3 Å². The van der Waals surface area contributed by atoms with Crippen LogP contribution < -0.4 is 19.1 Å². The standard InChI is InChI=1S/C20H24Cl2N2O5S2/c1-28-16-6-7-19(29-2)18(11-16)24(31(3,26)27)12-20(25)23-8-9-30-13-14-4-5-15(21)10-17(14)22/h4-7,10-11H,8-9,12-13H2,1-3H3,(H,23,25). The highest BCUT2D eigenvalue weighted by molar-refractivity contribution is 7.98. The van der Waals surface area contributed by atoms with Crippen molar-refractivity contribution in [2.75, 3.05) is 43.6 Å². The van der Waals surface area contributed by atoms with Gasteiger partial charge >= 0.3 is 0 Å². The molecule has 1 amide bonds. The number of ether oxygens (including phenoxy) is 2. The van der Waals surface area contributed by atoms with Gasteiger partial charge in [-0.25, -0.2) is 8.42 Å². The molecule has 0 saturated carbocycles. The molecule has 0 aromatic heterocycles. The average molecular weight is 507 g/mol. The van der Waals surface area contributed by atoms with Crippen molar-refractivity contribution >= 4 is 56.6 Å². The summed E-state index contributed by atoms with van der Waals surface area (Å²) < 4.78 is 36.1. The number of carbonyl (C=O) groups is 1. The molecule has 31 heavy (non-hydrogen) atoms. The Morgan fingerprint density at radius 2 is 1.87 bits per heavy atom. The second-order valence-electron chi connectivity index (χ2n) is 6.45. The molecule has 2 aromatic carbocycles. The lowest BCUT2D eigenvalue weighted by Gasteiger charge is -2.24. The Morgan fingerprint density at radius 3 is 2.48 bits per heavy atom. The highest BCUT2D eigenvalue weighted by atomic mass is 35.5. The van der Waals surface area contributed by atoms with Crippen LogP contribution in [0.5, 0.6) is 11.5 Å². The van der Waals surface area contributed by atoms with E-state index in [0.29, 0.717) is 39.6 Å². The summed E-state index contributed by atoms with van der Waals surface area (Å²) in [7, 11) is -0.847. The van der Waals surface area contributed by atoms with Crippen LogP contribution in [-0.2, 0) is 20.6 Å². The van der Waals surface area contributed by atoms with Crippen LogP contribution in [0, 0.1) is 0 Å². The normalized spacial score (nSPS) is 11.1. The summed E-state index contributed by atoms with van der Waals surface area (Å²) in [6.07, 6.45) is 1.03. The molecule has 1 N–H and O–H groups in total. The van der Waals surface area contributed by atoms with Crippen molar-refractivity contribution in [1.82, 2.24) is 5.32 Å². The van der Waals surface area contributed by atoms with Crippen molar-refractivity contribution in [3.8, 4) is 11.5 Å². The number of amides is 1. The van der Waals surface area contributed by atoms with Gasteiger partial charge in [0.1, 0.15) is 18.0 Å². The lowest BCUT2D eigenvalue weighted by Crippen LogP contribution is -2.41. The van der Waals surface area contributed by atoms with Crippen molar-refractivity contribution in [2.24, 2.45) is 0 Å². The van der Waals surface area contributed by atoms with Crippen LogP contribution in [0.25, 0.3) is 0 Å². The molecule has 0 bridgehead atoms. The summed E-state index contributed by atoms with van der Waals surface area (Å²) in [5.74, 6) is 1.63. The van der Waals surface area contributed by atoms with E-state index >= 15 is 0 Å². The number of anilines is 1. The number of nitrogens with zero attached hydrogens (tertiary/aromatic N) is 1. The summed E-state index contributed by atoms with van der Waals surface area (Å²) in [5.41, 5.74) is 1.18. The fourth-order valence-corrected chi connectivity index (χ4v) is 4.91. The minimum Gasteiger partial charge on any atom is -0.497 e. The monoisotopic (exact) mass is 506 g/mol. The van der Waals surface area contributed by atoms with Crippen LogP contribution in [0.1, 0.15) is 5.56 Å². The Balaban J connectivity index is 1.95. The Morgan fingerprint density at radius 1 is 1.13 bits per heavy atom. The summed E-state index contributed by atoms with van der Waals surface area (Å²) in [4.78, 5) is 12.4. The van der Waals surface area contributed by atoms with Crippen LogP contribution in [-0.4, -0.2) is 53.6 Å². The summed E-state index contributed by atoms with van der Waals surface area (Å²) in [6, 6.07) is 10.1. The first-order valence-electron chi connectivity index (χ1n) is 9.13. The van der Waals surface area contributed by atoms with Crippen molar-refractivity contribution in [3.05, 3.63) is 52.0 Å². The SMILES string of the molecule is COc1ccc(OC)c(N(CC(=O)NCCSCc2ccc(Cl)cc2Cl)S(C)(=O)=O)c1. The van der Waals surface area contributed by atoms with Crippen molar-refractivity contribution in [1.29, 1.82) is 0 Å². The molecule has 0 saturated heterocycles. The van der Waals surface area contributed by atoms with E-state index in [1.54, 1.807) is 36.0 Å². The number of sulfonamides is 1. The molecule has 0 aliphatic rings. The maximum absolute atomic E-state index is 12.4. The zero-order chi connectivity index (χ0) is 23.0. The number of hydrogen-bond acceptors (Lipinski definition) is 6. The van der Waals surface area contributed by atoms with Gasteiger partial charge in [-0.15, -0.1) is 0 Å². The largest absolute Gasteiger partial charge is 0.497 e. The fraction of sp³-hybridized carbons (Fsp3) is 0.350. The van der Waals surface area contributed by atoms with E-state index in [4.69, 9.17) is 32.7 Å². The molecule has 0 aliphatic carbocycles. The molecule has 0 radical (unpaired) electrons. The topological polar surface area (TPSA) is 84.9 Å². The number of thioether (sulfide) groups is 1. The van der Waals surface area contributed by atoms with Gasteiger partial charge in [0.15, 0.2) is 0 Å². The van der Waals surface area contributed by atoms with Gasteiger partial charge in [-0.2, -0.15) is 11.8 Å². The van der Waals surface area contributed by atoms with E-state index in [-0.39, 0.29) is 12.2 Å². The van der Waals surface area contributed by atoms with Crippen LogP contribution in [0.15, 0.2) is 36.4 Å². The molecule has 2 aromatic rings.